The van der Waals surface area contributed by atoms with Crippen LogP contribution in [0.1, 0.15) is 39.9 Å². The summed E-state index contributed by atoms with van der Waals surface area (Å²) in [6.07, 6.45) is 2.41. The van der Waals surface area contributed by atoms with Crippen molar-refractivity contribution in [2.45, 2.75) is 26.0 Å². The van der Waals surface area contributed by atoms with Crippen LogP contribution in [0.25, 0.3) is 10.1 Å². The number of anilines is 1. The van der Waals surface area contributed by atoms with E-state index in [1.807, 2.05) is 79.7 Å². The number of thiophene rings is 1. The maximum absolute atomic E-state index is 14.1. The van der Waals surface area contributed by atoms with Gasteiger partial charge in [-0.25, -0.2) is 0 Å². The van der Waals surface area contributed by atoms with Gasteiger partial charge in [-0.05, 0) is 61.8 Å². The fourth-order valence-electron chi connectivity index (χ4n) is 5.01. The molecule has 4 aromatic rings. The van der Waals surface area contributed by atoms with Crippen LogP contribution in [0.3, 0.4) is 0 Å². The molecule has 5 rings (SSSR count). The number of rotatable bonds is 10. The lowest BCUT2D eigenvalue weighted by atomic mass is 9.98. The van der Waals surface area contributed by atoms with Crippen molar-refractivity contribution in [3.8, 4) is 17.2 Å². The quantitative estimate of drug-likeness (QED) is 0.222. The molecule has 0 amide bonds. The Hall–Kier alpha value is -3.55. The standard InChI is InChI=1S/C31H34N2O4S/c1-32(2)31-29(24-13-12-23(18-28(24)38-31)37-20-21-10-6-5-7-11-21)30(34)22-16-26(35-3)25(27(17-22)36-4)19-33-14-8-9-15-33/h5-7,10-13,16-18H,8-9,14-15,19-20H2,1-4H3. The lowest BCUT2D eigenvalue weighted by molar-refractivity contribution is 0.104. The number of ether oxygens (including phenoxy) is 3. The number of ketones is 1. The van der Waals surface area contributed by atoms with E-state index in [2.05, 4.69) is 4.90 Å². The Balaban J connectivity index is 1.49. The number of methoxy groups -OCH3 is 2. The molecule has 1 aromatic heterocycles. The van der Waals surface area contributed by atoms with Crippen molar-refractivity contribution in [3.63, 3.8) is 0 Å². The molecule has 1 aliphatic rings. The largest absolute Gasteiger partial charge is 0.496 e. The molecule has 1 fully saturated rings. The van der Waals surface area contributed by atoms with E-state index in [0.29, 0.717) is 29.2 Å². The maximum atomic E-state index is 14.1. The molecule has 0 aliphatic carbocycles. The van der Waals surface area contributed by atoms with Gasteiger partial charge in [-0.3, -0.25) is 9.69 Å². The zero-order valence-electron chi connectivity index (χ0n) is 22.5. The smallest absolute Gasteiger partial charge is 0.196 e. The summed E-state index contributed by atoms with van der Waals surface area (Å²) in [6.45, 7) is 3.37. The molecule has 0 spiro atoms. The summed E-state index contributed by atoms with van der Waals surface area (Å²) in [7, 11) is 7.24. The second kappa shape index (κ2) is 11.5. The third-order valence-electron chi connectivity index (χ3n) is 6.97. The monoisotopic (exact) mass is 530 g/mol. The van der Waals surface area contributed by atoms with Crippen molar-refractivity contribution in [2.24, 2.45) is 0 Å². The first-order chi connectivity index (χ1) is 18.5. The Labute approximate surface area is 228 Å². The highest BCUT2D eigenvalue weighted by molar-refractivity contribution is 7.23. The van der Waals surface area contributed by atoms with Crippen molar-refractivity contribution in [3.05, 3.63) is 82.9 Å². The zero-order valence-corrected chi connectivity index (χ0v) is 23.3. The molecule has 0 N–H and O–H groups in total. The molecule has 198 valence electrons. The van der Waals surface area contributed by atoms with E-state index in [4.69, 9.17) is 14.2 Å². The highest BCUT2D eigenvalue weighted by Crippen LogP contribution is 2.42. The molecular weight excluding hydrogens is 496 g/mol. The van der Waals surface area contributed by atoms with Gasteiger partial charge in [0.25, 0.3) is 0 Å². The van der Waals surface area contributed by atoms with Gasteiger partial charge in [0, 0.05) is 36.3 Å². The predicted octanol–water partition coefficient (Wildman–Crippen LogP) is 6.39. The van der Waals surface area contributed by atoms with Crippen LogP contribution in [0.5, 0.6) is 17.2 Å². The lowest BCUT2D eigenvalue weighted by Crippen LogP contribution is -2.19. The van der Waals surface area contributed by atoms with Gasteiger partial charge < -0.3 is 19.1 Å². The summed E-state index contributed by atoms with van der Waals surface area (Å²) in [5.41, 5.74) is 3.33. The minimum atomic E-state index is -0.0535. The van der Waals surface area contributed by atoms with Crippen molar-refractivity contribution in [2.75, 3.05) is 46.3 Å². The average molecular weight is 531 g/mol. The SMILES string of the molecule is COc1cc(C(=O)c2c(N(C)C)sc3cc(OCc4ccccc4)ccc23)cc(OC)c1CN1CCCC1. The molecular formula is C31H34N2O4S. The number of hydrogen-bond acceptors (Lipinski definition) is 7. The molecule has 3 aromatic carbocycles. The van der Waals surface area contributed by atoms with Crippen LogP contribution in [0.2, 0.25) is 0 Å². The highest BCUT2D eigenvalue weighted by atomic mass is 32.1. The van der Waals surface area contributed by atoms with E-state index < -0.39 is 0 Å². The third kappa shape index (κ3) is 5.35. The number of benzene rings is 3. The van der Waals surface area contributed by atoms with Gasteiger partial charge >= 0.3 is 0 Å². The lowest BCUT2D eigenvalue weighted by Gasteiger charge is -2.20. The predicted molar refractivity (Wildman–Crippen MR) is 154 cm³/mol. The summed E-state index contributed by atoms with van der Waals surface area (Å²) in [5.74, 6) is 2.09. The number of likely N-dealkylation sites (tertiary alicyclic amines) is 1. The second-order valence-corrected chi connectivity index (χ2v) is 10.8. The molecule has 6 nitrogen and oxygen atoms in total. The summed E-state index contributed by atoms with van der Waals surface area (Å²) in [6, 6.07) is 19.8. The van der Waals surface area contributed by atoms with E-state index in [0.717, 1.165) is 51.6 Å². The van der Waals surface area contributed by atoms with Gasteiger partial charge in [-0.1, -0.05) is 30.3 Å². The van der Waals surface area contributed by atoms with Crippen molar-refractivity contribution >= 4 is 32.2 Å². The molecule has 0 saturated carbocycles. The Bertz CT molecular complexity index is 1400. The first kappa shape index (κ1) is 26.1. The molecule has 1 saturated heterocycles. The fraction of sp³-hybridized carbons (Fsp3) is 0.323. The van der Waals surface area contributed by atoms with Crippen LogP contribution >= 0.6 is 11.3 Å². The van der Waals surface area contributed by atoms with Crippen molar-refractivity contribution < 1.29 is 19.0 Å². The van der Waals surface area contributed by atoms with Crippen LogP contribution in [-0.4, -0.2) is 52.1 Å². The van der Waals surface area contributed by atoms with Gasteiger partial charge in [0.15, 0.2) is 5.78 Å². The normalized spacial score (nSPS) is 13.6. The second-order valence-electron chi connectivity index (χ2n) is 9.78. The number of nitrogens with zero attached hydrogens (tertiary/aromatic N) is 2. The summed E-state index contributed by atoms with van der Waals surface area (Å²) in [5, 5.41) is 1.82. The number of carbonyl (C=O) groups excluding carboxylic acids is 1. The Morgan fingerprint density at radius 3 is 2.26 bits per heavy atom. The summed E-state index contributed by atoms with van der Waals surface area (Å²) in [4.78, 5) is 18.5. The minimum Gasteiger partial charge on any atom is -0.496 e. The van der Waals surface area contributed by atoms with E-state index in [1.54, 1.807) is 25.6 Å². The van der Waals surface area contributed by atoms with Gasteiger partial charge in [0.05, 0.1) is 25.3 Å². The molecule has 38 heavy (non-hydrogen) atoms. The van der Waals surface area contributed by atoms with Crippen molar-refractivity contribution in [1.82, 2.24) is 4.90 Å². The van der Waals surface area contributed by atoms with Crippen LogP contribution in [0, 0.1) is 0 Å². The van der Waals surface area contributed by atoms with Crippen molar-refractivity contribution in [1.29, 1.82) is 0 Å². The minimum absolute atomic E-state index is 0.0535. The maximum Gasteiger partial charge on any atom is 0.196 e. The molecule has 7 heteroatoms. The zero-order chi connectivity index (χ0) is 26.6. The van der Waals surface area contributed by atoms with E-state index in [-0.39, 0.29) is 5.78 Å². The Morgan fingerprint density at radius 2 is 1.63 bits per heavy atom. The van der Waals surface area contributed by atoms with Crippen LogP contribution < -0.4 is 19.1 Å². The molecule has 0 radical (unpaired) electrons. The number of fused-ring (bicyclic) bond motifs is 1. The average Bonchev–Trinajstić information content (AvgIpc) is 3.59. The van der Waals surface area contributed by atoms with Gasteiger partial charge in [0.1, 0.15) is 28.9 Å². The van der Waals surface area contributed by atoms with Gasteiger partial charge in [0.2, 0.25) is 0 Å². The fourth-order valence-corrected chi connectivity index (χ4v) is 6.16. The number of hydrogen-bond donors (Lipinski definition) is 0. The topological polar surface area (TPSA) is 51.2 Å². The molecule has 0 unspecified atom stereocenters. The van der Waals surface area contributed by atoms with E-state index in [1.165, 1.54) is 12.8 Å². The van der Waals surface area contributed by atoms with Gasteiger partial charge in [-0.2, -0.15) is 0 Å². The van der Waals surface area contributed by atoms with Gasteiger partial charge in [-0.15, -0.1) is 11.3 Å². The molecule has 0 bridgehead atoms. The third-order valence-corrected chi connectivity index (χ3v) is 8.30. The van der Waals surface area contributed by atoms with Crippen LogP contribution in [-0.2, 0) is 13.2 Å². The summed E-state index contributed by atoms with van der Waals surface area (Å²) < 4.78 is 18.6. The van der Waals surface area contributed by atoms with E-state index in [9.17, 15) is 4.79 Å². The van der Waals surface area contributed by atoms with E-state index >= 15 is 0 Å². The highest BCUT2D eigenvalue weighted by Gasteiger charge is 2.25. The molecule has 2 heterocycles. The first-order valence-electron chi connectivity index (χ1n) is 12.9. The van der Waals surface area contributed by atoms with Crippen LogP contribution in [0.4, 0.5) is 5.00 Å². The number of carbonyl (C=O) groups is 1. The Morgan fingerprint density at radius 1 is 0.947 bits per heavy atom. The summed E-state index contributed by atoms with van der Waals surface area (Å²) >= 11 is 1.59. The first-order valence-corrected chi connectivity index (χ1v) is 13.7. The Kier molecular flexibility index (Phi) is 7.86. The molecule has 1 aliphatic heterocycles. The van der Waals surface area contributed by atoms with Crippen LogP contribution in [0.15, 0.2) is 60.7 Å². The molecule has 0 atom stereocenters.